The highest BCUT2D eigenvalue weighted by Crippen LogP contribution is 2.56. The Kier molecular flexibility index (Phi) is 5.94. The molecule has 2 aromatic rings. The van der Waals surface area contributed by atoms with Crippen LogP contribution in [0.5, 0.6) is 11.5 Å². The number of primary amides is 1. The molecule has 8 heteroatoms. The molecular formula is C23H25FN2O4S. The second kappa shape index (κ2) is 8.51. The number of carbonyl (C=O) groups excluding carboxylic acids is 1. The number of piperidine rings is 1. The van der Waals surface area contributed by atoms with Gasteiger partial charge in [-0.05, 0) is 93.1 Å². The van der Waals surface area contributed by atoms with Crippen LogP contribution in [0.4, 0.5) is 4.39 Å². The van der Waals surface area contributed by atoms with Crippen LogP contribution >= 0.6 is 11.8 Å². The van der Waals surface area contributed by atoms with Crippen LogP contribution in [0.2, 0.25) is 0 Å². The van der Waals surface area contributed by atoms with Gasteiger partial charge in [0.05, 0.1) is 10.3 Å². The van der Waals surface area contributed by atoms with E-state index in [1.54, 1.807) is 12.1 Å². The SMILES string of the molecule is NC(=O)C1(Sc2ccc(Oc3ccc(C(=O)O)cc3F)cc2)CCC2(CCNCC2)C1. The van der Waals surface area contributed by atoms with Gasteiger partial charge in [0.15, 0.2) is 11.6 Å². The fraction of sp³-hybridized carbons (Fsp3) is 0.391. The first kappa shape index (κ1) is 21.6. The molecule has 1 aliphatic carbocycles. The zero-order valence-electron chi connectivity index (χ0n) is 17.0. The lowest BCUT2D eigenvalue weighted by Crippen LogP contribution is -2.42. The first-order chi connectivity index (χ1) is 14.8. The lowest BCUT2D eigenvalue weighted by Gasteiger charge is -2.35. The third-order valence-electron chi connectivity index (χ3n) is 6.38. The molecule has 1 atom stereocenters. The van der Waals surface area contributed by atoms with Crippen molar-refractivity contribution < 1.29 is 23.8 Å². The summed E-state index contributed by atoms with van der Waals surface area (Å²) in [5.74, 6) is -1.85. The number of ether oxygens (including phenoxy) is 1. The number of nitrogens with two attached hydrogens (primary N) is 1. The predicted octanol–water partition coefficient (Wildman–Crippen LogP) is 4.19. The highest BCUT2D eigenvalue weighted by Gasteiger charge is 2.52. The minimum atomic E-state index is -1.20. The lowest BCUT2D eigenvalue weighted by molar-refractivity contribution is -0.120. The van der Waals surface area contributed by atoms with Gasteiger partial charge in [-0.2, -0.15) is 0 Å². The number of carboxylic acids is 1. The molecule has 0 radical (unpaired) electrons. The average Bonchev–Trinajstić information content (AvgIpc) is 3.10. The van der Waals surface area contributed by atoms with Gasteiger partial charge in [-0.15, -0.1) is 11.8 Å². The number of carboxylic acid groups (broad SMARTS) is 1. The van der Waals surface area contributed by atoms with Gasteiger partial charge in [0, 0.05) is 4.90 Å². The van der Waals surface area contributed by atoms with E-state index < -0.39 is 16.5 Å². The van der Waals surface area contributed by atoms with E-state index in [-0.39, 0.29) is 22.6 Å². The Labute approximate surface area is 184 Å². The number of amides is 1. The first-order valence-corrected chi connectivity index (χ1v) is 11.1. The molecule has 4 N–H and O–H groups in total. The smallest absolute Gasteiger partial charge is 0.335 e. The van der Waals surface area contributed by atoms with E-state index in [4.69, 9.17) is 15.6 Å². The number of benzene rings is 2. The summed E-state index contributed by atoms with van der Waals surface area (Å²) in [6.45, 7) is 1.96. The molecule has 0 bridgehead atoms. The molecule has 1 amide bonds. The fourth-order valence-electron chi connectivity index (χ4n) is 4.63. The standard InChI is InChI=1S/C23H25FN2O4S/c24-18-13-15(20(27)28)1-6-19(18)30-16-2-4-17(5-3-16)31-23(21(25)29)8-7-22(14-23)9-11-26-12-10-22/h1-6,13,26H,7-12,14H2,(H2,25,29)(H,27,28). The van der Waals surface area contributed by atoms with Gasteiger partial charge < -0.3 is 20.9 Å². The fourth-order valence-corrected chi connectivity index (χ4v) is 6.03. The van der Waals surface area contributed by atoms with E-state index in [9.17, 15) is 14.0 Å². The van der Waals surface area contributed by atoms with Crippen molar-refractivity contribution in [3.63, 3.8) is 0 Å². The minimum Gasteiger partial charge on any atom is -0.478 e. The van der Waals surface area contributed by atoms with Gasteiger partial charge in [-0.3, -0.25) is 4.79 Å². The number of aromatic carboxylic acids is 1. The number of nitrogens with one attached hydrogen (secondary N) is 1. The van der Waals surface area contributed by atoms with E-state index in [0.29, 0.717) is 5.75 Å². The number of carbonyl (C=O) groups is 2. The molecule has 1 aliphatic heterocycles. The highest BCUT2D eigenvalue weighted by molar-refractivity contribution is 8.01. The number of hydrogen-bond donors (Lipinski definition) is 3. The Morgan fingerprint density at radius 1 is 1.06 bits per heavy atom. The molecule has 6 nitrogen and oxygen atoms in total. The van der Waals surface area contributed by atoms with Crippen molar-refractivity contribution in [1.29, 1.82) is 0 Å². The van der Waals surface area contributed by atoms with Gasteiger partial charge in [-0.1, -0.05) is 0 Å². The second-order valence-corrected chi connectivity index (χ2v) is 9.87. The average molecular weight is 445 g/mol. The molecule has 31 heavy (non-hydrogen) atoms. The Morgan fingerprint density at radius 2 is 1.77 bits per heavy atom. The van der Waals surface area contributed by atoms with E-state index in [1.165, 1.54) is 23.9 Å². The number of halogens is 1. The van der Waals surface area contributed by atoms with Crippen LogP contribution in [0.15, 0.2) is 47.4 Å². The Balaban J connectivity index is 1.46. The summed E-state index contributed by atoms with van der Waals surface area (Å²) >= 11 is 1.51. The van der Waals surface area contributed by atoms with Crippen molar-refractivity contribution >= 4 is 23.6 Å². The maximum Gasteiger partial charge on any atom is 0.335 e. The van der Waals surface area contributed by atoms with Gasteiger partial charge in [0.1, 0.15) is 5.75 Å². The summed E-state index contributed by atoms with van der Waals surface area (Å²) in [7, 11) is 0. The molecule has 2 fully saturated rings. The third-order valence-corrected chi connectivity index (χ3v) is 7.82. The van der Waals surface area contributed by atoms with Crippen molar-refractivity contribution in [2.24, 2.45) is 11.1 Å². The van der Waals surface area contributed by atoms with Crippen LogP contribution in [-0.4, -0.2) is 34.8 Å². The zero-order chi connectivity index (χ0) is 22.1. The van der Waals surface area contributed by atoms with Crippen LogP contribution in [-0.2, 0) is 4.79 Å². The van der Waals surface area contributed by atoms with E-state index >= 15 is 0 Å². The Morgan fingerprint density at radius 3 is 2.39 bits per heavy atom. The number of thioether (sulfide) groups is 1. The molecule has 4 rings (SSSR count). The highest BCUT2D eigenvalue weighted by atomic mass is 32.2. The Bertz CT molecular complexity index is 992. The van der Waals surface area contributed by atoms with Crippen molar-refractivity contribution in [2.75, 3.05) is 13.1 Å². The van der Waals surface area contributed by atoms with Crippen LogP contribution in [0.1, 0.15) is 42.5 Å². The van der Waals surface area contributed by atoms with Crippen molar-refractivity contribution in [3.8, 4) is 11.5 Å². The molecule has 1 unspecified atom stereocenters. The summed E-state index contributed by atoms with van der Waals surface area (Å²) < 4.78 is 19.1. The first-order valence-electron chi connectivity index (χ1n) is 10.3. The summed E-state index contributed by atoms with van der Waals surface area (Å²) in [5.41, 5.74) is 5.92. The third kappa shape index (κ3) is 4.55. The van der Waals surface area contributed by atoms with Gasteiger partial charge in [-0.25, -0.2) is 9.18 Å². The molecule has 1 saturated heterocycles. The van der Waals surface area contributed by atoms with Crippen molar-refractivity contribution in [3.05, 3.63) is 53.8 Å². The molecule has 0 aromatic heterocycles. The summed E-state index contributed by atoms with van der Waals surface area (Å²) in [6, 6.07) is 10.6. The molecular weight excluding hydrogens is 419 g/mol. The van der Waals surface area contributed by atoms with Crippen LogP contribution in [0.25, 0.3) is 0 Å². The quantitative estimate of drug-likeness (QED) is 0.618. The largest absolute Gasteiger partial charge is 0.478 e. The molecule has 2 aromatic carbocycles. The van der Waals surface area contributed by atoms with E-state index in [0.717, 1.165) is 56.2 Å². The maximum atomic E-state index is 14.1. The van der Waals surface area contributed by atoms with Crippen LogP contribution < -0.4 is 15.8 Å². The van der Waals surface area contributed by atoms with Crippen molar-refractivity contribution in [2.45, 2.75) is 41.7 Å². The molecule has 1 saturated carbocycles. The topological polar surface area (TPSA) is 102 Å². The van der Waals surface area contributed by atoms with E-state index in [2.05, 4.69) is 5.32 Å². The molecule has 164 valence electrons. The van der Waals surface area contributed by atoms with Crippen LogP contribution in [0, 0.1) is 11.2 Å². The molecule has 1 heterocycles. The summed E-state index contributed by atoms with van der Waals surface area (Å²) in [5, 5.41) is 12.3. The normalized spacial score (nSPS) is 22.4. The summed E-state index contributed by atoms with van der Waals surface area (Å²) in [4.78, 5) is 24.3. The molecule has 2 aliphatic rings. The van der Waals surface area contributed by atoms with Gasteiger partial charge >= 0.3 is 5.97 Å². The maximum absolute atomic E-state index is 14.1. The lowest BCUT2D eigenvalue weighted by atomic mass is 9.77. The Hall–Kier alpha value is -2.58. The zero-order valence-corrected chi connectivity index (χ0v) is 17.8. The van der Waals surface area contributed by atoms with E-state index in [1.807, 2.05) is 12.1 Å². The predicted molar refractivity (Wildman–Crippen MR) is 116 cm³/mol. The monoisotopic (exact) mass is 444 g/mol. The molecule has 1 spiro atoms. The second-order valence-electron chi connectivity index (χ2n) is 8.41. The number of rotatable bonds is 6. The van der Waals surface area contributed by atoms with Crippen LogP contribution in [0.3, 0.4) is 0 Å². The number of hydrogen-bond acceptors (Lipinski definition) is 5. The summed E-state index contributed by atoms with van der Waals surface area (Å²) in [6.07, 6.45) is 4.72. The van der Waals surface area contributed by atoms with Gasteiger partial charge in [0.2, 0.25) is 5.91 Å². The van der Waals surface area contributed by atoms with Gasteiger partial charge in [0.25, 0.3) is 0 Å². The minimum absolute atomic E-state index is 0.0531. The van der Waals surface area contributed by atoms with Crippen molar-refractivity contribution in [1.82, 2.24) is 5.32 Å².